The maximum Gasteiger partial charge on any atom is 0.335 e. The summed E-state index contributed by atoms with van der Waals surface area (Å²) in [6.45, 7) is 3.82. The average molecular weight is 271 g/mol. The van der Waals surface area contributed by atoms with Crippen LogP contribution in [0.25, 0.3) is 0 Å². The van der Waals surface area contributed by atoms with E-state index in [0.29, 0.717) is 5.57 Å². The first-order chi connectivity index (χ1) is 9.47. The Balaban J connectivity index is 2.09. The minimum Gasteiger partial charge on any atom is -0.478 e. The summed E-state index contributed by atoms with van der Waals surface area (Å²) in [5, 5.41) is 20.8. The second-order valence-electron chi connectivity index (χ2n) is 4.34. The third-order valence-corrected chi connectivity index (χ3v) is 2.91. The van der Waals surface area contributed by atoms with Gasteiger partial charge in [0.15, 0.2) is 0 Å². The zero-order valence-corrected chi connectivity index (χ0v) is 10.5. The topological polar surface area (TPSA) is 86.6 Å². The zero-order valence-electron chi connectivity index (χ0n) is 10.5. The summed E-state index contributed by atoms with van der Waals surface area (Å²) in [7, 11) is 0. The van der Waals surface area contributed by atoms with Gasteiger partial charge in [0.25, 0.3) is 0 Å². The number of carboxylic acid groups (broad SMARTS) is 2. The lowest BCUT2D eigenvalue weighted by Gasteiger charge is -2.20. The fourth-order valence-electron chi connectivity index (χ4n) is 1.82. The molecule has 0 aliphatic heterocycles. The number of rotatable bonds is 4. The van der Waals surface area contributed by atoms with Crippen LogP contribution in [0.4, 0.5) is 5.69 Å². The van der Waals surface area contributed by atoms with Gasteiger partial charge >= 0.3 is 11.9 Å². The number of nitrogens with one attached hydrogen (secondary N) is 1. The third kappa shape index (κ3) is 2.95. The fraction of sp³-hybridized carbons (Fsp3) is 0.0667. The van der Waals surface area contributed by atoms with Crippen LogP contribution in [0.15, 0.2) is 60.2 Å². The first-order valence-corrected chi connectivity index (χ1v) is 5.89. The van der Waals surface area contributed by atoms with Crippen molar-refractivity contribution in [3.8, 4) is 0 Å². The van der Waals surface area contributed by atoms with Gasteiger partial charge < -0.3 is 15.5 Å². The Morgan fingerprint density at radius 1 is 1.10 bits per heavy atom. The van der Waals surface area contributed by atoms with Crippen LogP contribution >= 0.6 is 0 Å². The number of hydrogen-bond donors (Lipinski definition) is 3. The highest BCUT2D eigenvalue weighted by molar-refractivity contribution is 5.91. The van der Waals surface area contributed by atoms with E-state index in [-0.39, 0.29) is 17.2 Å². The number of aromatic carboxylic acids is 1. The number of benzene rings is 1. The van der Waals surface area contributed by atoms with E-state index in [1.54, 1.807) is 18.2 Å². The van der Waals surface area contributed by atoms with Gasteiger partial charge in [0.1, 0.15) is 0 Å². The first kappa shape index (κ1) is 13.6. The van der Waals surface area contributed by atoms with Crippen molar-refractivity contribution in [1.82, 2.24) is 0 Å². The molecule has 1 aliphatic carbocycles. The molecule has 1 atom stereocenters. The SMILES string of the molecule is C=C1C=C(C(=O)O)C=CC1Nc1ccc(C(=O)O)cc1. The van der Waals surface area contributed by atoms with Crippen LogP contribution in [0.1, 0.15) is 10.4 Å². The van der Waals surface area contributed by atoms with Crippen LogP contribution in [0.2, 0.25) is 0 Å². The van der Waals surface area contributed by atoms with Crippen LogP contribution in [-0.4, -0.2) is 28.2 Å². The highest BCUT2D eigenvalue weighted by Gasteiger charge is 2.15. The molecule has 0 spiro atoms. The van der Waals surface area contributed by atoms with Crippen molar-refractivity contribution in [2.24, 2.45) is 0 Å². The van der Waals surface area contributed by atoms with E-state index in [1.165, 1.54) is 24.3 Å². The largest absolute Gasteiger partial charge is 0.478 e. The quantitative estimate of drug-likeness (QED) is 0.782. The monoisotopic (exact) mass is 271 g/mol. The molecule has 1 aromatic rings. The Morgan fingerprint density at radius 2 is 1.75 bits per heavy atom. The molecule has 5 heteroatoms. The molecule has 3 N–H and O–H groups in total. The van der Waals surface area contributed by atoms with E-state index in [0.717, 1.165) is 5.69 Å². The van der Waals surface area contributed by atoms with E-state index in [1.807, 2.05) is 0 Å². The highest BCUT2D eigenvalue weighted by atomic mass is 16.4. The predicted molar refractivity (Wildman–Crippen MR) is 74.8 cm³/mol. The van der Waals surface area contributed by atoms with Crippen molar-refractivity contribution in [2.45, 2.75) is 6.04 Å². The molecule has 1 aromatic carbocycles. The molecule has 0 saturated carbocycles. The van der Waals surface area contributed by atoms with Crippen molar-refractivity contribution in [1.29, 1.82) is 0 Å². The number of carboxylic acids is 2. The Kier molecular flexibility index (Phi) is 3.70. The number of aliphatic carboxylic acids is 1. The van der Waals surface area contributed by atoms with Crippen LogP contribution in [0.3, 0.4) is 0 Å². The standard InChI is InChI=1S/C15H13NO4/c1-9-8-11(15(19)20)4-7-13(9)16-12-5-2-10(3-6-12)14(17)18/h2-8,13,16H,1H2,(H,17,18)(H,19,20). The summed E-state index contributed by atoms with van der Waals surface area (Å²) in [4.78, 5) is 21.6. The Bertz CT molecular complexity index is 626. The maximum absolute atomic E-state index is 10.8. The normalized spacial score (nSPS) is 17.5. The zero-order chi connectivity index (χ0) is 14.7. The molecular weight excluding hydrogens is 258 g/mol. The summed E-state index contributed by atoms with van der Waals surface area (Å²) < 4.78 is 0. The van der Waals surface area contributed by atoms with Crippen molar-refractivity contribution < 1.29 is 19.8 Å². The summed E-state index contributed by atoms with van der Waals surface area (Å²) in [6, 6.07) is 6.09. The Hall–Kier alpha value is -2.82. The minimum absolute atomic E-state index is 0.189. The number of anilines is 1. The molecule has 5 nitrogen and oxygen atoms in total. The van der Waals surface area contributed by atoms with E-state index < -0.39 is 11.9 Å². The number of carbonyl (C=O) groups is 2. The highest BCUT2D eigenvalue weighted by Crippen LogP contribution is 2.20. The lowest BCUT2D eigenvalue weighted by Crippen LogP contribution is -2.21. The van der Waals surface area contributed by atoms with Gasteiger partial charge in [-0.1, -0.05) is 12.7 Å². The lowest BCUT2D eigenvalue weighted by atomic mass is 9.98. The van der Waals surface area contributed by atoms with E-state index in [2.05, 4.69) is 11.9 Å². The molecule has 0 saturated heterocycles. The second-order valence-corrected chi connectivity index (χ2v) is 4.34. The molecule has 0 heterocycles. The molecule has 0 fully saturated rings. The summed E-state index contributed by atoms with van der Waals surface area (Å²) >= 11 is 0. The van der Waals surface area contributed by atoms with Crippen molar-refractivity contribution in [3.05, 3.63) is 65.8 Å². The average Bonchev–Trinajstić information content (AvgIpc) is 2.41. The summed E-state index contributed by atoms with van der Waals surface area (Å²) in [5.74, 6) is -1.97. The van der Waals surface area contributed by atoms with E-state index in [4.69, 9.17) is 10.2 Å². The molecule has 1 aliphatic rings. The van der Waals surface area contributed by atoms with Crippen molar-refractivity contribution in [2.75, 3.05) is 5.32 Å². The van der Waals surface area contributed by atoms with Gasteiger partial charge in [0, 0.05) is 5.69 Å². The van der Waals surface area contributed by atoms with Gasteiger partial charge in [0.2, 0.25) is 0 Å². The maximum atomic E-state index is 10.8. The van der Waals surface area contributed by atoms with Gasteiger partial charge in [-0.2, -0.15) is 0 Å². The third-order valence-electron chi connectivity index (χ3n) is 2.91. The van der Waals surface area contributed by atoms with Gasteiger partial charge in [-0.05, 0) is 42.0 Å². The van der Waals surface area contributed by atoms with Crippen LogP contribution in [0.5, 0.6) is 0 Å². The smallest absolute Gasteiger partial charge is 0.335 e. The van der Waals surface area contributed by atoms with Crippen LogP contribution < -0.4 is 5.32 Å². The Morgan fingerprint density at radius 3 is 2.25 bits per heavy atom. The van der Waals surface area contributed by atoms with Crippen molar-refractivity contribution in [3.63, 3.8) is 0 Å². The van der Waals surface area contributed by atoms with E-state index in [9.17, 15) is 9.59 Å². The first-order valence-electron chi connectivity index (χ1n) is 5.89. The summed E-state index contributed by atoms with van der Waals surface area (Å²) in [5.41, 5.74) is 1.76. The molecule has 0 amide bonds. The fourth-order valence-corrected chi connectivity index (χ4v) is 1.82. The van der Waals surface area contributed by atoms with E-state index >= 15 is 0 Å². The number of hydrogen-bond acceptors (Lipinski definition) is 3. The molecule has 0 aromatic heterocycles. The molecule has 2 rings (SSSR count). The molecular formula is C15H13NO4. The lowest BCUT2D eigenvalue weighted by molar-refractivity contribution is -0.132. The Labute approximate surface area is 115 Å². The molecule has 0 radical (unpaired) electrons. The summed E-state index contributed by atoms with van der Waals surface area (Å²) in [6.07, 6.45) is 4.73. The molecule has 1 unspecified atom stereocenters. The molecule has 102 valence electrons. The molecule has 20 heavy (non-hydrogen) atoms. The predicted octanol–water partition coefficient (Wildman–Crippen LogP) is 2.30. The molecule has 0 bridgehead atoms. The van der Waals surface area contributed by atoms with Gasteiger partial charge in [0.05, 0.1) is 17.2 Å². The minimum atomic E-state index is -0.994. The van der Waals surface area contributed by atoms with Crippen LogP contribution in [-0.2, 0) is 4.79 Å². The van der Waals surface area contributed by atoms with Gasteiger partial charge in [-0.15, -0.1) is 0 Å². The van der Waals surface area contributed by atoms with Gasteiger partial charge in [-0.25, -0.2) is 9.59 Å². The van der Waals surface area contributed by atoms with Gasteiger partial charge in [-0.3, -0.25) is 0 Å². The van der Waals surface area contributed by atoms with Crippen molar-refractivity contribution >= 4 is 17.6 Å². The van der Waals surface area contributed by atoms with Crippen LogP contribution in [0, 0.1) is 0 Å². The second kappa shape index (κ2) is 5.44.